The lowest BCUT2D eigenvalue weighted by Crippen LogP contribution is -2.01. The number of unbranched alkanes of at least 4 members (excludes halogenated alkanes) is 1. The molecule has 0 saturated heterocycles. The number of hydrogen-bond acceptors (Lipinski definition) is 3. The van der Waals surface area contributed by atoms with E-state index in [4.69, 9.17) is 0 Å². The Balaban J connectivity index is 3.10. The molecule has 86 valence electrons. The van der Waals surface area contributed by atoms with Gasteiger partial charge in [-0.05, 0) is 31.4 Å². The molecule has 0 saturated carbocycles. The van der Waals surface area contributed by atoms with Crippen molar-refractivity contribution in [3.05, 3.63) is 39.4 Å². The highest BCUT2D eigenvalue weighted by atomic mass is 16.6. The lowest BCUT2D eigenvalue weighted by Gasteiger charge is -2.05. The summed E-state index contributed by atoms with van der Waals surface area (Å²) in [5.74, 6) is -0.0407. The van der Waals surface area contributed by atoms with E-state index in [2.05, 4.69) is 0 Å². The average Bonchev–Trinajstić information content (AvgIpc) is 2.25. The number of carbonyl (C=O) groups is 1. The molecule has 0 atom stereocenters. The summed E-state index contributed by atoms with van der Waals surface area (Å²) in [6.45, 7) is 3.53. The van der Waals surface area contributed by atoms with Crippen LogP contribution in [0.1, 0.15) is 42.6 Å². The Morgan fingerprint density at radius 2 is 2.12 bits per heavy atom. The van der Waals surface area contributed by atoms with Crippen molar-refractivity contribution in [2.75, 3.05) is 0 Å². The average molecular weight is 221 g/mol. The number of aryl methyl sites for hydroxylation is 1. The van der Waals surface area contributed by atoms with Gasteiger partial charge in [-0.3, -0.25) is 14.9 Å². The molecule has 0 spiro atoms. The fourth-order valence-electron chi connectivity index (χ4n) is 1.61. The molecule has 0 amide bonds. The van der Waals surface area contributed by atoms with Crippen molar-refractivity contribution < 1.29 is 9.72 Å². The van der Waals surface area contributed by atoms with Crippen molar-refractivity contribution in [2.24, 2.45) is 0 Å². The second-order valence-electron chi connectivity index (χ2n) is 3.76. The van der Waals surface area contributed by atoms with Crippen LogP contribution in [0.15, 0.2) is 18.2 Å². The Morgan fingerprint density at radius 3 is 2.62 bits per heavy atom. The Bertz CT molecular complexity index is 413. The smallest absolute Gasteiger partial charge is 0.269 e. The van der Waals surface area contributed by atoms with Crippen LogP contribution >= 0.6 is 0 Å². The lowest BCUT2D eigenvalue weighted by molar-refractivity contribution is -0.384. The van der Waals surface area contributed by atoms with Gasteiger partial charge in [0.15, 0.2) is 5.78 Å². The van der Waals surface area contributed by atoms with Crippen molar-refractivity contribution in [2.45, 2.75) is 33.1 Å². The molecule has 1 aromatic carbocycles. The minimum absolute atomic E-state index is 0.0407. The van der Waals surface area contributed by atoms with Crippen molar-refractivity contribution in [3.63, 3.8) is 0 Å². The molecule has 0 heterocycles. The van der Waals surface area contributed by atoms with Crippen LogP contribution in [-0.4, -0.2) is 10.7 Å². The molecular weight excluding hydrogens is 206 g/mol. The molecule has 0 aliphatic heterocycles. The predicted octanol–water partition coefficient (Wildman–Crippen LogP) is 3.14. The first kappa shape index (κ1) is 12.4. The van der Waals surface area contributed by atoms with E-state index in [1.807, 2.05) is 6.92 Å². The summed E-state index contributed by atoms with van der Waals surface area (Å²) >= 11 is 0. The zero-order chi connectivity index (χ0) is 12.1. The van der Waals surface area contributed by atoms with Gasteiger partial charge in [-0.2, -0.15) is 0 Å². The second-order valence-corrected chi connectivity index (χ2v) is 3.76. The van der Waals surface area contributed by atoms with Gasteiger partial charge < -0.3 is 0 Å². The van der Waals surface area contributed by atoms with Gasteiger partial charge in [0, 0.05) is 17.7 Å². The van der Waals surface area contributed by atoms with Crippen LogP contribution in [0.2, 0.25) is 0 Å². The minimum atomic E-state index is -0.431. The summed E-state index contributed by atoms with van der Waals surface area (Å²) in [4.78, 5) is 21.5. The number of rotatable bonds is 5. The third kappa shape index (κ3) is 2.89. The molecular formula is C12H15NO3. The van der Waals surface area contributed by atoms with E-state index in [9.17, 15) is 14.9 Å². The lowest BCUT2D eigenvalue weighted by atomic mass is 9.99. The molecule has 0 aromatic heterocycles. The Labute approximate surface area is 94.4 Å². The predicted molar refractivity (Wildman–Crippen MR) is 61.7 cm³/mol. The van der Waals surface area contributed by atoms with Crippen LogP contribution in [-0.2, 0) is 6.42 Å². The Hall–Kier alpha value is -1.71. The van der Waals surface area contributed by atoms with Gasteiger partial charge in [0.2, 0.25) is 0 Å². The number of ketones is 1. The number of nitro benzene ring substituents is 1. The maximum absolute atomic E-state index is 11.3. The van der Waals surface area contributed by atoms with Crippen LogP contribution in [0.3, 0.4) is 0 Å². The first-order valence-electron chi connectivity index (χ1n) is 5.34. The minimum Gasteiger partial charge on any atom is -0.295 e. The second kappa shape index (κ2) is 5.39. The van der Waals surface area contributed by atoms with Crippen molar-refractivity contribution in [1.29, 1.82) is 0 Å². The van der Waals surface area contributed by atoms with Crippen LogP contribution < -0.4 is 0 Å². The highest BCUT2D eigenvalue weighted by Gasteiger charge is 2.12. The van der Waals surface area contributed by atoms with Crippen LogP contribution in [0.25, 0.3) is 0 Å². The van der Waals surface area contributed by atoms with Gasteiger partial charge >= 0.3 is 0 Å². The topological polar surface area (TPSA) is 60.2 Å². The van der Waals surface area contributed by atoms with E-state index in [1.165, 1.54) is 19.1 Å². The molecule has 0 unspecified atom stereocenters. The van der Waals surface area contributed by atoms with Crippen LogP contribution in [0.5, 0.6) is 0 Å². The summed E-state index contributed by atoms with van der Waals surface area (Å²) in [5.41, 5.74) is 1.43. The number of nitrogens with zero attached hydrogens (tertiary/aromatic N) is 1. The SMILES string of the molecule is CCCCc1cc([N+](=O)[O-])ccc1C(C)=O. The molecule has 0 aliphatic rings. The fourth-order valence-corrected chi connectivity index (χ4v) is 1.61. The molecule has 0 N–H and O–H groups in total. The molecule has 16 heavy (non-hydrogen) atoms. The monoisotopic (exact) mass is 221 g/mol. The third-order valence-corrected chi connectivity index (χ3v) is 2.48. The van der Waals surface area contributed by atoms with E-state index < -0.39 is 4.92 Å². The molecule has 0 fully saturated rings. The van der Waals surface area contributed by atoms with E-state index >= 15 is 0 Å². The summed E-state index contributed by atoms with van der Waals surface area (Å²) in [6, 6.07) is 4.43. The zero-order valence-electron chi connectivity index (χ0n) is 9.53. The first-order chi connectivity index (χ1) is 7.56. The number of Topliss-reactive ketones (excluding diaryl/α,β-unsaturated/α-hetero) is 1. The van der Waals surface area contributed by atoms with Gasteiger partial charge in [0.1, 0.15) is 0 Å². The zero-order valence-corrected chi connectivity index (χ0v) is 9.53. The van der Waals surface area contributed by atoms with Crippen LogP contribution in [0, 0.1) is 10.1 Å². The van der Waals surface area contributed by atoms with Gasteiger partial charge in [-0.1, -0.05) is 13.3 Å². The van der Waals surface area contributed by atoms with Crippen molar-refractivity contribution >= 4 is 11.5 Å². The summed E-state index contributed by atoms with van der Waals surface area (Å²) in [7, 11) is 0. The molecule has 0 aliphatic carbocycles. The quantitative estimate of drug-likeness (QED) is 0.436. The van der Waals surface area contributed by atoms with E-state index in [0.29, 0.717) is 12.0 Å². The molecule has 0 bridgehead atoms. The summed E-state index contributed by atoms with van der Waals surface area (Å²) in [5, 5.41) is 10.6. The fraction of sp³-hybridized carbons (Fsp3) is 0.417. The molecule has 4 heteroatoms. The molecule has 0 radical (unpaired) electrons. The summed E-state index contributed by atoms with van der Waals surface area (Å²) in [6.07, 6.45) is 2.65. The van der Waals surface area contributed by atoms with Crippen molar-refractivity contribution in [3.8, 4) is 0 Å². The highest BCUT2D eigenvalue weighted by molar-refractivity contribution is 5.95. The van der Waals surface area contributed by atoms with Crippen LogP contribution in [0.4, 0.5) is 5.69 Å². The van der Waals surface area contributed by atoms with E-state index in [-0.39, 0.29) is 11.5 Å². The Morgan fingerprint density at radius 1 is 1.44 bits per heavy atom. The normalized spacial score (nSPS) is 10.1. The summed E-state index contributed by atoms with van der Waals surface area (Å²) < 4.78 is 0. The van der Waals surface area contributed by atoms with Gasteiger partial charge in [-0.15, -0.1) is 0 Å². The van der Waals surface area contributed by atoms with Crippen molar-refractivity contribution in [1.82, 2.24) is 0 Å². The van der Waals surface area contributed by atoms with Gasteiger partial charge in [0.25, 0.3) is 5.69 Å². The number of non-ortho nitro benzene ring substituents is 1. The van der Waals surface area contributed by atoms with E-state index in [0.717, 1.165) is 18.4 Å². The molecule has 4 nitrogen and oxygen atoms in total. The first-order valence-corrected chi connectivity index (χ1v) is 5.34. The standard InChI is InChI=1S/C12H15NO3/c1-3-4-5-10-8-11(13(15)16)6-7-12(10)9(2)14/h6-8H,3-5H2,1-2H3. The van der Waals surface area contributed by atoms with Gasteiger partial charge in [0.05, 0.1) is 4.92 Å². The largest absolute Gasteiger partial charge is 0.295 e. The number of nitro groups is 1. The number of carbonyl (C=O) groups excluding carboxylic acids is 1. The molecule has 1 aromatic rings. The van der Waals surface area contributed by atoms with E-state index in [1.54, 1.807) is 6.07 Å². The highest BCUT2D eigenvalue weighted by Crippen LogP contribution is 2.20. The maximum atomic E-state index is 11.3. The molecule has 1 rings (SSSR count). The Kier molecular flexibility index (Phi) is 4.17. The number of hydrogen-bond donors (Lipinski definition) is 0. The van der Waals surface area contributed by atoms with Gasteiger partial charge in [-0.25, -0.2) is 0 Å². The third-order valence-electron chi connectivity index (χ3n) is 2.48. The number of benzene rings is 1. The maximum Gasteiger partial charge on any atom is 0.269 e.